The molecule has 0 heterocycles. The van der Waals surface area contributed by atoms with Crippen molar-refractivity contribution in [3.8, 4) is 0 Å². The van der Waals surface area contributed by atoms with Crippen LogP contribution >= 0.6 is 0 Å². The number of aliphatic hydroxyl groups excluding tert-OH is 5. The van der Waals surface area contributed by atoms with E-state index in [2.05, 4.69) is 0 Å². The molecule has 1 rings (SSSR count). The molecule has 0 aromatic heterocycles. The first-order valence-electron chi connectivity index (χ1n) is 4.02. The van der Waals surface area contributed by atoms with Crippen molar-refractivity contribution in [2.75, 3.05) is 0 Å². The molecule has 2 atom stereocenters. The number of aliphatic hydroxyl groups is 5. The van der Waals surface area contributed by atoms with Gasteiger partial charge in [-0.15, -0.1) is 0 Å². The molecule has 5 heteroatoms. The van der Waals surface area contributed by atoms with E-state index in [1.165, 1.54) is 0 Å². The van der Waals surface area contributed by atoms with E-state index in [0.29, 0.717) is 18.8 Å². The van der Waals surface area contributed by atoms with E-state index in [-0.39, 0.29) is 23.1 Å². The Labute approximate surface area is 80.6 Å². The highest BCUT2D eigenvalue weighted by atomic mass is 16.3. The van der Waals surface area contributed by atoms with Crippen LogP contribution in [0.4, 0.5) is 0 Å². The van der Waals surface area contributed by atoms with Gasteiger partial charge in [-0.25, -0.2) is 0 Å². The highest BCUT2D eigenvalue weighted by molar-refractivity contribution is 5.39. The molecule has 5 N–H and O–H groups in total. The molecule has 0 aromatic rings. The number of hydrogen-bond donors (Lipinski definition) is 5. The fourth-order valence-electron chi connectivity index (χ4n) is 1.38. The Morgan fingerprint density at radius 1 is 0.857 bits per heavy atom. The van der Waals surface area contributed by atoms with Crippen LogP contribution in [0.2, 0.25) is 0 Å². The molecular weight excluding hydrogens is 188 g/mol. The molecule has 1 saturated carbocycles. The van der Waals surface area contributed by atoms with Gasteiger partial charge in [0.1, 0.15) is 12.2 Å². The predicted octanol–water partition coefficient (Wildman–Crippen LogP) is 0.438. The summed E-state index contributed by atoms with van der Waals surface area (Å²) in [7, 11) is 0. The van der Waals surface area contributed by atoms with Gasteiger partial charge in [-0.3, -0.25) is 0 Å². The predicted molar refractivity (Wildman–Crippen MR) is 48.8 cm³/mol. The maximum absolute atomic E-state index is 9.49. The Morgan fingerprint density at radius 3 is 1.57 bits per heavy atom. The van der Waals surface area contributed by atoms with Crippen molar-refractivity contribution < 1.29 is 25.5 Å². The summed E-state index contributed by atoms with van der Waals surface area (Å²) in [5, 5.41) is 45.2. The second-order valence-electron chi connectivity index (χ2n) is 3.02. The highest BCUT2D eigenvalue weighted by Gasteiger charge is 2.32. The lowest BCUT2D eigenvalue weighted by atomic mass is 9.83. The van der Waals surface area contributed by atoms with Crippen molar-refractivity contribution in [3.63, 3.8) is 0 Å². The van der Waals surface area contributed by atoms with Crippen molar-refractivity contribution in [1.82, 2.24) is 0 Å². The summed E-state index contributed by atoms with van der Waals surface area (Å²) in [5.74, 6) is 0. The molecule has 1 fully saturated rings. The summed E-state index contributed by atoms with van der Waals surface area (Å²) >= 11 is 0. The monoisotopic (exact) mass is 200 g/mol. The van der Waals surface area contributed by atoms with Gasteiger partial charge in [0.2, 0.25) is 0 Å². The van der Waals surface area contributed by atoms with Crippen molar-refractivity contribution >= 4 is 0 Å². The molecule has 0 radical (unpaired) electrons. The average molecular weight is 200 g/mol. The Morgan fingerprint density at radius 2 is 1.29 bits per heavy atom. The van der Waals surface area contributed by atoms with Gasteiger partial charge in [0.15, 0.2) is 0 Å². The third-order valence-electron chi connectivity index (χ3n) is 2.22. The smallest absolute Gasteiger partial charge is 0.106 e. The number of hydrogen-bond acceptors (Lipinski definition) is 5. The lowest BCUT2D eigenvalue weighted by Crippen LogP contribution is -2.31. The van der Waals surface area contributed by atoms with Crippen LogP contribution in [0, 0.1) is 0 Å². The van der Waals surface area contributed by atoms with Crippen LogP contribution in [0.1, 0.15) is 6.42 Å². The minimum absolute atomic E-state index is 0.0622. The first-order valence-corrected chi connectivity index (χ1v) is 4.02. The molecule has 5 nitrogen and oxygen atoms in total. The van der Waals surface area contributed by atoms with Crippen molar-refractivity contribution in [1.29, 1.82) is 0 Å². The summed E-state index contributed by atoms with van der Waals surface area (Å²) in [6, 6.07) is 0. The molecule has 0 bridgehead atoms. The van der Waals surface area contributed by atoms with Crippen molar-refractivity contribution in [2.24, 2.45) is 0 Å². The van der Waals surface area contributed by atoms with Gasteiger partial charge < -0.3 is 25.5 Å². The first kappa shape index (κ1) is 10.6. The summed E-state index contributed by atoms with van der Waals surface area (Å²) in [6.07, 6.45) is -0.409. The molecule has 1 aliphatic carbocycles. The van der Waals surface area contributed by atoms with Gasteiger partial charge in [-0.2, -0.15) is 0 Å². The first-order chi connectivity index (χ1) is 6.65. The Balaban J connectivity index is 3.08. The minimum Gasteiger partial charge on any atom is -0.516 e. The van der Waals surface area contributed by atoms with Gasteiger partial charge in [0.05, 0.1) is 18.8 Å². The molecule has 0 saturated heterocycles. The van der Waals surface area contributed by atoms with Gasteiger partial charge >= 0.3 is 0 Å². The van der Waals surface area contributed by atoms with Gasteiger partial charge in [0, 0.05) is 23.1 Å². The van der Waals surface area contributed by atoms with Gasteiger partial charge in [-0.05, 0) is 0 Å². The van der Waals surface area contributed by atoms with E-state index < -0.39 is 12.2 Å². The average Bonchev–Trinajstić information content (AvgIpc) is 2.19. The van der Waals surface area contributed by atoms with Gasteiger partial charge in [-0.1, -0.05) is 0 Å². The normalized spacial score (nSPS) is 33.7. The molecule has 14 heavy (non-hydrogen) atoms. The SMILES string of the molecule is OC=C1CC(=CO)C(O)C(=CO)C1O. The largest absolute Gasteiger partial charge is 0.516 e. The van der Waals surface area contributed by atoms with Crippen LogP contribution in [0.25, 0.3) is 0 Å². The van der Waals surface area contributed by atoms with Crippen molar-refractivity contribution in [3.05, 3.63) is 35.5 Å². The third kappa shape index (κ3) is 1.59. The van der Waals surface area contributed by atoms with E-state index in [9.17, 15) is 10.2 Å². The van der Waals surface area contributed by atoms with Gasteiger partial charge in [0.25, 0.3) is 0 Å². The zero-order chi connectivity index (χ0) is 10.7. The summed E-state index contributed by atoms with van der Waals surface area (Å²) in [5.41, 5.74) is 0.337. The fourth-order valence-corrected chi connectivity index (χ4v) is 1.38. The summed E-state index contributed by atoms with van der Waals surface area (Å²) in [4.78, 5) is 0. The highest BCUT2D eigenvalue weighted by Crippen LogP contribution is 2.31. The second kappa shape index (κ2) is 4.17. The fraction of sp³-hybridized carbons (Fsp3) is 0.333. The van der Waals surface area contributed by atoms with E-state index in [4.69, 9.17) is 15.3 Å². The molecule has 0 aromatic carbocycles. The zero-order valence-corrected chi connectivity index (χ0v) is 7.33. The molecule has 2 unspecified atom stereocenters. The molecule has 78 valence electrons. The summed E-state index contributed by atoms with van der Waals surface area (Å²) < 4.78 is 0. The molecule has 0 spiro atoms. The lowest BCUT2D eigenvalue weighted by molar-refractivity contribution is 0.153. The van der Waals surface area contributed by atoms with Crippen LogP contribution < -0.4 is 0 Å². The number of rotatable bonds is 0. The van der Waals surface area contributed by atoms with Crippen LogP contribution in [-0.4, -0.2) is 37.7 Å². The zero-order valence-electron chi connectivity index (χ0n) is 7.33. The van der Waals surface area contributed by atoms with E-state index in [0.717, 1.165) is 0 Å². The topological polar surface area (TPSA) is 101 Å². The standard InChI is InChI=1S/C9H12O5/c10-2-5-1-6(3-11)9(14)7(4-12)8(5)13/h2-4,8-14H,1H2. The van der Waals surface area contributed by atoms with E-state index in [1.807, 2.05) is 0 Å². The molecular formula is C9H12O5. The van der Waals surface area contributed by atoms with Crippen LogP contribution in [0.15, 0.2) is 35.5 Å². The van der Waals surface area contributed by atoms with E-state index >= 15 is 0 Å². The van der Waals surface area contributed by atoms with E-state index in [1.54, 1.807) is 0 Å². The quantitative estimate of drug-likeness (QED) is 0.365. The summed E-state index contributed by atoms with van der Waals surface area (Å²) in [6.45, 7) is 0. The second-order valence-corrected chi connectivity index (χ2v) is 3.02. The molecule has 1 aliphatic rings. The van der Waals surface area contributed by atoms with Crippen LogP contribution in [0.3, 0.4) is 0 Å². The maximum atomic E-state index is 9.49. The Kier molecular flexibility index (Phi) is 3.16. The Hall–Kier alpha value is -1.46. The Bertz CT molecular complexity index is 276. The molecule has 0 aliphatic heterocycles. The molecule has 0 amide bonds. The maximum Gasteiger partial charge on any atom is 0.106 e. The van der Waals surface area contributed by atoms with Crippen LogP contribution in [0.5, 0.6) is 0 Å². The van der Waals surface area contributed by atoms with Crippen molar-refractivity contribution in [2.45, 2.75) is 18.6 Å². The third-order valence-corrected chi connectivity index (χ3v) is 2.22. The van der Waals surface area contributed by atoms with Crippen LogP contribution in [-0.2, 0) is 0 Å². The minimum atomic E-state index is -1.22. The lowest BCUT2D eigenvalue weighted by Gasteiger charge is -2.28.